The van der Waals surface area contributed by atoms with Gasteiger partial charge in [-0.25, -0.2) is 0 Å². The van der Waals surface area contributed by atoms with E-state index in [0.717, 1.165) is 10.2 Å². The smallest absolute Gasteiger partial charge is 0.184 e. The molecule has 0 fully saturated rings. The van der Waals surface area contributed by atoms with Crippen LogP contribution >= 0.6 is 31.9 Å². The SMILES string of the molecule is CC(N)/C=C/c1cc(Br)c(Br)o1. The highest BCUT2D eigenvalue weighted by atomic mass is 79.9. The summed E-state index contributed by atoms with van der Waals surface area (Å²) in [5, 5.41) is 0. The van der Waals surface area contributed by atoms with Gasteiger partial charge in [-0.3, -0.25) is 0 Å². The molecule has 0 aliphatic carbocycles. The van der Waals surface area contributed by atoms with Crippen molar-refractivity contribution in [3.63, 3.8) is 0 Å². The lowest BCUT2D eigenvalue weighted by Gasteiger charge is -1.91. The van der Waals surface area contributed by atoms with Crippen LogP contribution < -0.4 is 5.73 Å². The molecule has 0 amide bonds. The summed E-state index contributed by atoms with van der Waals surface area (Å²) in [4.78, 5) is 0. The first-order valence-electron chi connectivity index (χ1n) is 3.48. The largest absolute Gasteiger partial charge is 0.449 e. The molecule has 1 rings (SSSR count). The molecule has 0 radical (unpaired) electrons. The first kappa shape index (κ1) is 10.0. The minimum Gasteiger partial charge on any atom is -0.449 e. The predicted molar refractivity (Wildman–Crippen MR) is 56.8 cm³/mol. The zero-order valence-electron chi connectivity index (χ0n) is 6.55. The maximum Gasteiger partial charge on any atom is 0.184 e. The van der Waals surface area contributed by atoms with Gasteiger partial charge in [0.15, 0.2) is 4.67 Å². The Balaban J connectivity index is 2.77. The monoisotopic (exact) mass is 293 g/mol. The second-order valence-electron chi connectivity index (χ2n) is 2.49. The first-order chi connectivity index (χ1) is 5.59. The Hall–Kier alpha value is -0.0600. The van der Waals surface area contributed by atoms with E-state index in [4.69, 9.17) is 10.2 Å². The van der Waals surface area contributed by atoms with E-state index in [0.29, 0.717) is 4.67 Å². The molecule has 2 nitrogen and oxygen atoms in total. The molecule has 12 heavy (non-hydrogen) atoms. The van der Waals surface area contributed by atoms with Gasteiger partial charge in [-0.1, -0.05) is 6.08 Å². The average molecular weight is 295 g/mol. The van der Waals surface area contributed by atoms with Gasteiger partial charge in [0.1, 0.15) is 5.76 Å². The summed E-state index contributed by atoms with van der Waals surface area (Å²) in [6, 6.07) is 1.93. The van der Waals surface area contributed by atoms with Crippen LogP contribution in [0.3, 0.4) is 0 Å². The van der Waals surface area contributed by atoms with Crippen LogP contribution in [-0.2, 0) is 0 Å². The zero-order valence-corrected chi connectivity index (χ0v) is 9.72. The number of furan rings is 1. The van der Waals surface area contributed by atoms with Gasteiger partial charge in [-0.2, -0.15) is 0 Å². The van der Waals surface area contributed by atoms with Gasteiger partial charge in [0.05, 0.1) is 4.47 Å². The minimum absolute atomic E-state index is 0.0488. The van der Waals surface area contributed by atoms with E-state index in [1.165, 1.54) is 0 Å². The topological polar surface area (TPSA) is 39.2 Å². The van der Waals surface area contributed by atoms with Crippen LogP contribution in [0.5, 0.6) is 0 Å². The van der Waals surface area contributed by atoms with Gasteiger partial charge in [0.25, 0.3) is 0 Å². The fourth-order valence-electron chi connectivity index (χ4n) is 0.692. The highest BCUT2D eigenvalue weighted by Crippen LogP contribution is 2.27. The van der Waals surface area contributed by atoms with Crippen LogP contribution in [0.2, 0.25) is 0 Å². The average Bonchev–Trinajstić information content (AvgIpc) is 2.28. The van der Waals surface area contributed by atoms with Crippen LogP contribution in [0.1, 0.15) is 12.7 Å². The number of rotatable bonds is 2. The Labute approximate surface area is 88.1 Å². The van der Waals surface area contributed by atoms with E-state index in [-0.39, 0.29) is 6.04 Å². The molecule has 0 saturated carbocycles. The number of hydrogen-bond donors (Lipinski definition) is 1. The van der Waals surface area contributed by atoms with E-state index in [2.05, 4.69) is 31.9 Å². The molecule has 4 heteroatoms. The van der Waals surface area contributed by atoms with Crippen LogP contribution in [0.15, 0.2) is 25.7 Å². The minimum atomic E-state index is 0.0488. The summed E-state index contributed by atoms with van der Waals surface area (Å²) < 4.78 is 6.90. The maximum absolute atomic E-state index is 5.53. The molecule has 0 aliphatic rings. The van der Waals surface area contributed by atoms with Gasteiger partial charge in [-0.15, -0.1) is 0 Å². The van der Waals surface area contributed by atoms with Crippen LogP contribution in [0.25, 0.3) is 6.08 Å². The maximum atomic E-state index is 5.53. The van der Waals surface area contributed by atoms with Crippen molar-refractivity contribution in [2.45, 2.75) is 13.0 Å². The second-order valence-corrected chi connectivity index (χ2v) is 4.06. The fourth-order valence-corrected chi connectivity index (χ4v) is 1.30. The van der Waals surface area contributed by atoms with E-state index in [9.17, 15) is 0 Å². The third-order valence-electron chi connectivity index (χ3n) is 1.23. The summed E-state index contributed by atoms with van der Waals surface area (Å²) in [5.74, 6) is 0.783. The fraction of sp³-hybridized carbons (Fsp3) is 0.250. The van der Waals surface area contributed by atoms with Crippen molar-refractivity contribution in [2.24, 2.45) is 5.73 Å². The van der Waals surface area contributed by atoms with Crippen LogP contribution in [-0.4, -0.2) is 6.04 Å². The number of halogens is 2. The van der Waals surface area contributed by atoms with E-state index >= 15 is 0 Å². The van der Waals surface area contributed by atoms with Crippen molar-refractivity contribution in [3.8, 4) is 0 Å². The first-order valence-corrected chi connectivity index (χ1v) is 5.07. The second kappa shape index (κ2) is 4.25. The van der Waals surface area contributed by atoms with Crippen molar-refractivity contribution >= 4 is 37.9 Å². The van der Waals surface area contributed by atoms with Crippen molar-refractivity contribution in [3.05, 3.63) is 27.0 Å². The Morgan fingerprint density at radius 1 is 1.58 bits per heavy atom. The Morgan fingerprint density at radius 3 is 2.67 bits per heavy atom. The Kier molecular flexibility index (Phi) is 3.55. The molecule has 0 aliphatic heterocycles. The molecule has 1 heterocycles. The molecule has 2 N–H and O–H groups in total. The van der Waals surface area contributed by atoms with Gasteiger partial charge < -0.3 is 10.2 Å². The lowest BCUT2D eigenvalue weighted by atomic mass is 10.3. The molecule has 1 aromatic heterocycles. The van der Waals surface area contributed by atoms with E-state index in [1.54, 1.807) is 0 Å². The third-order valence-corrected chi connectivity index (χ3v) is 2.94. The molecular formula is C8H9Br2NO. The molecule has 0 aromatic carbocycles. The summed E-state index contributed by atoms with van der Waals surface area (Å²) in [6.07, 6.45) is 3.72. The lowest BCUT2D eigenvalue weighted by Crippen LogP contribution is -2.09. The van der Waals surface area contributed by atoms with Crippen molar-refractivity contribution in [1.82, 2.24) is 0 Å². The predicted octanol–water partition coefficient (Wildman–Crippen LogP) is 3.17. The molecule has 1 aromatic rings. The molecule has 1 atom stereocenters. The molecule has 0 bridgehead atoms. The molecular weight excluding hydrogens is 286 g/mol. The summed E-state index contributed by atoms with van der Waals surface area (Å²) in [7, 11) is 0. The van der Waals surface area contributed by atoms with Crippen LogP contribution in [0, 0.1) is 0 Å². The zero-order chi connectivity index (χ0) is 9.14. The van der Waals surface area contributed by atoms with Gasteiger partial charge in [0.2, 0.25) is 0 Å². The Bertz CT molecular complexity index is 272. The van der Waals surface area contributed by atoms with Gasteiger partial charge in [0, 0.05) is 6.04 Å². The quantitative estimate of drug-likeness (QED) is 0.910. The van der Waals surface area contributed by atoms with E-state index < -0.39 is 0 Å². The summed E-state index contributed by atoms with van der Waals surface area (Å²) in [5.41, 5.74) is 5.53. The standard InChI is InChI=1S/C8H9Br2NO/c1-5(11)2-3-6-4-7(9)8(10)12-6/h2-5H,11H2,1H3/b3-2+. The van der Waals surface area contributed by atoms with Crippen molar-refractivity contribution in [2.75, 3.05) is 0 Å². The number of hydrogen-bond acceptors (Lipinski definition) is 2. The summed E-state index contributed by atoms with van der Waals surface area (Å²) >= 11 is 6.56. The third kappa shape index (κ3) is 2.77. The van der Waals surface area contributed by atoms with Crippen LogP contribution in [0.4, 0.5) is 0 Å². The Morgan fingerprint density at radius 2 is 2.25 bits per heavy atom. The molecule has 66 valence electrons. The molecule has 0 spiro atoms. The van der Waals surface area contributed by atoms with Gasteiger partial charge >= 0.3 is 0 Å². The normalized spacial score (nSPS) is 14.0. The van der Waals surface area contributed by atoms with Crippen molar-refractivity contribution in [1.29, 1.82) is 0 Å². The number of nitrogens with two attached hydrogens (primary N) is 1. The highest BCUT2D eigenvalue weighted by Gasteiger charge is 2.02. The van der Waals surface area contributed by atoms with Crippen molar-refractivity contribution < 1.29 is 4.42 Å². The molecule has 0 saturated heterocycles. The highest BCUT2D eigenvalue weighted by molar-refractivity contribution is 9.13. The molecule has 1 unspecified atom stereocenters. The van der Waals surface area contributed by atoms with E-state index in [1.807, 2.05) is 25.1 Å². The lowest BCUT2D eigenvalue weighted by molar-refractivity contribution is 0.529. The summed E-state index contributed by atoms with van der Waals surface area (Å²) in [6.45, 7) is 1.91. The van der Waals surface area contributed by atoms with Gasteiger partial charge in [-0.05, 0) is 50.9 Å².